The molecule has 0 aliphatic rings. The molecule has 1 heterocycles. The van der Waals surface area contributed by atoms with E-state index < -0.39 is 17.6 Å². The summed E-state index contributed by atoms with van der Waals surface area (Å²) in [6, 6.07) is 2.29. The van der Waals surface area contributed by atoms with Gasteiger partial charge in [0.15, 0.2) is 0 Å². The molecule has 1 N–H and O–H groups in total. The highest BCUT2D eigenvalue weighted by molar-refractivity contribution is 5.48. The van der Waals surface area contributed by atoms with Crippen LogP contribution in [0.1, 0.15) is 31.3 Å². The normalized spacial score (nSPS) is 12.0. The summed E-state index contributed by atoms with van der Waals surface area (Å²) in [5.74, 6) is -0.236. The van der Waals surface area contributed by atoms with Crippen LogP contribution in [0.4, 0.5) is 23.2 Å². The maximum absolute atomic E-state index is 13.6. The number of rotatable bonds is 4. The van der Waals surface area contributed by atoms with Crippen LogP contribution in [0.5, 0.6) is 0 Å². The van der Waals surface area contributed by atoms with Gasteiger partial charge < -0.3 is 5.32 Å². The molecular weight excluding hydrogens is 288 g/mol. The van der Waals surface area contributed by atoms with E-state index in [0.29, 0.717) is 11.9 Å². The number of alkyl halides is 3. The molecule has 0 fully saturated rings. The number of hydrogen-bond acceptors (Lipinski definition) is 3. The average Bonchev–Trinajstić information content (AvgIpc) is 2.85. The summed E-state index contributed by atoms with van der Waals surface area (Å²) < 4.78 is 53.0. The van der Waals surface area contributed by atoms with E-state index in [-0.39, 0.29) is 18.3 Å². The van der Waals surface area contributed by atoms with Gasteiger partial charge in [0.1, 0.15) is 18.0 Å². The predicted molar refractivity (Wildman–Crippen MR) is 69.1 cm³/mol. The standard InChI is InChI=1S/C13H14F4N4/c1-8(2)21-12(19-7-20-21)6-18-11-5-9(13(15,16)17)3-4-10(11)14/h3-5,7-8,18H,6H2,1-2H3. The molecule has 2 rings (SSSR count). The number of halogens is 4. The van der Waals surface area contributed by atoms with E-state index in [4.69, 9.17) is 0 Å². The fourth-order valence-electron chi connectivity index (χ4n) is 1.84. The second kappa shape index (κ2) is 5.71. The Morgan fingerprint density at radius 3 is 2.62 bits per heavy atom. The number of benzene rings is 1. The summed E-state index contributed by atoms with van der Waals surface area (Å²) in [7, 11) is 0. The Hall–Kier alpha value is -2.12. The number of anilines is 1. The zero-order chi connectivity index (χ0) is 15.6. The van der Waals surface area contributed by atoms with Crippen molar-refractivity contribution in [3.05, 3.63) is 41.7 Å². The van der Waals surface area contributed by atoms with Crippen LogP contribution in [0.2, 0.25) is 0 Å². The lowest BCUT2D eigenvalue weighted by Crippen LogP contribution is -2.13. The number of aromatic nitrogens is 3. The second-order valence-corrected chi connectivity index (χ2v) is 4.76. The van der Waals surface area contributed by atoms with Crippen molar-refractivity contribution in [1.29, 1.82) is 0 Å². The first-order valence-electron chi connectivity index (χ1n) is 6.28. The van der Waals surface area contributed by atoms with E-state index in [1.165, 1.54) is 6.33 Å². The molecule has 2 aromatic rings. The summed E-state index contributed by atoms with van der Waals surface area (Å²) >= 11 is 0. The smallest absolute Gasteiger partial charge is 0.375 e. The van der Waals surface area contributed by atoms with Crippen molar-refractivity contribution in [3.8, 4) is 0 Å². The zero-order valence-corrected chi connectivity index (χ0v) is 11.4. The average molecular weight is 302 g/mol. The van der Waals surface area contributed by atoms with Gasteiger partial charge in [-0.25, -0.2) is 14.1 Å². The van der Waals surface area contributed by atoms with Crippen LogP contribution >= 0.6 is 0 Å². The van der Waals surface area contributed by atoms with E-state index in [9.17, 15) is 17.6 Å². The lowest BCUT2D eigenvalue weighted by Gasteiger charge is -2.13. The van der Waals surface area contributed by atoms with Gasteiger partial charge in [0.05, 0.1) is 17.8 Å². The van der Waals surface area contributed by atoms with Crippen LogP contribution in [0.25, 0.3) is 0 Å². The largest absolute Gasteiger partial charge is 0.416 e. The monoisotopic (exact) mass is 302 g/mol. The predicted octanol–water partition coefficient (Wildman–Crippen LogP) is 3.63. The Bertz CT molecular complexity index is 619. The Balaban J connectivity index is 2.18. The molecule has 4 nitrogen and oxygen atoms in total. The lowest BCUT2D eigenvalue weighted by atomic mass is 10.2. The van der Waals surface area contributed by atoms with Crippen LogP contribution in [-0.2, 0) is 12.7 Å². The first-order chi connectivity index (χ1) is 9.79. The van der Waals surface area contributed by atoms with Gasteiger partial charge in [-0.05, 0) is 32.0 Å². The molecular formula is C13H14F4N4. The third-order valence-electron chi connectivity index (χ3n) is 2.87. The Kier molecular flexibility index (Phi) is 4.15. The SMILES string of the molecule is CC(C)n1ncnc1CNc1cc(C(F)(F)F)ccc1F. The molecule has 0 amide bonds. The Morgan fingerprint density at radius 2 is 2.00 bits per heavy atom. The molecule has 8 heteroatoms. The minimum absolute atomic E-state index is 0.0515. The highest BCUT2D eigenvalue weighted by Crippen LogP contribution is 2.31. The third kappa shape index (κ3) is 3.50. The quantitative estimate of drug-likeness (QED) is 0.877. The van der Waals surface area contributed by atoms with E-state index >= 15 is 0 Å². The summed E-state index contributed by atoms with van der Waals surface area (Å²) in [4.78, 5) is 4.00. The molecule has 0 spiro atoms. The summed E-state index contributed by atoms with van der Waals surface area (Å²) in [5, 5.41) is 6.62. The highest BCUT2D eigenvalue weighted by atomic mass is 19.4. The van der Waals surface area contributed by atoms with Gasteiger partial charge in [-0.2, -0.15) is 18.3 Å². The van der Waals surface area contributed by atoms with Gasteiger partial charge in [-0.15, -0.1) is 0 Å². The highest BCUT2D eigenvalue weighted by Gasteiger charge is 2.31. The molecule has 114 valence electrons. The van der Waals surface area contributed by atoms with Gasteiger partial charge in [0, 0.05) is 6.04 Å². The topological polar surface area (TPSA) is 42.7 Å². The molecule has 1 aromatic heterocycles. The lowest BCUT2D eigenvalue weighted by molar-refractivity contribution is -0.137. The maximum atomic E-state index is 13.6. The molecule has 0 aliphatic carbocycles. The molecule has 0 unspecified atom stereocenters. The van der Waals surface area contributed by atoms with Crippen LogP contribution in [0.3, 0.4) is 0 Å². The van der Waals surface area contributed by atoms with E-state index in [1.807, 2.05) is 13.8 Å². The molecule has 0 radical (unpaired) electrons. The van der Waals surface area contributed by atoms with Crippen molar-refractivity contribution in [1.82, 2.24) is 14.8 Å². The minimum atomic E-state index is -4.51. The van der Waals surface area contributed by atoms with E-state index in [2.05, 4.69) is 15.4 Å². The van der Waals surface area contributed by atoms with E-state index in [1.54, 1.807) is 4.68 Å². The van der Waals surface area contributed by atoms with Crippen molar-refractivity contribution in [2.24, 2.45) is 0 Å². The van der Waals surface area contributed by atoms with Crippen molar-refractivity contribution in [2.45, 2.75) is 32.6 Å². The molecule has 0 atom stereocenters. The summed E-state index contributed by atoms with van der Waals surface area (Å²) in [5.41, 5.74) is -1.13. The first-order valence-corrected chi connectivity index (χ1v) is 6.28. The fourth-order valence-corrected chi connectivity index (χ4v) is 1.84. The third-order valence-corrected chi connectivity index (χ3v) is 2.87. The van der Waals surface area contributed by atoms with Crippen molar-refractivity contribution >= 4 is 5.69 Å². The van der Waals surface area contributed by atoms with Crippen LogP contribution < -0.4 is 5.32 Å². The Morgan fingerprint density at radius 1 is 1.29 bits per heavy atom. The van der Waals surface area contributed by atoms with Gasteiger partial charge >= 0.3 is 6.18 Å². The summed E-state index contributed by atoms with van der Waals surface area (Å²) in [6.45, 7) is 3.86. The summed E-state index contributed by atoms with van der Waals surface area (Å²) in [6.07, 6.45) is -3.17. The van der Waals surface area contributed by atoms with Crippen LogP contribution in [0, 0.1) is 5.82 Å². The van der Waals surface area contributed by atoms with Gasteiger partial charge in [0.25, 0.3) is 0 Å². The van der Waals surface area contributed by atoms with Crippen molar-refractivity contribution in [2.75, 3.05) is 5.32 Å². The Labute approximate surface area is 118 Å². The maximum Gasteiger partial charge on any atom is 0.416 e. The van der Waals surface area contributed by atoms with E-state index in [0.717, 1.165) is 12.1 Å². The van der Waals surface area contributed by atoms with Crippen LogP contribution in [0.15, 0.2) is 24.5 Å². The van der Waals surface area contributed by atoms with Crippen molar-refractivity contribution in [3.63, 3.8) is 0 Å². The van der Waals surface area contributed by atoms with Crippen LogP contribution in [-0.4, -0.2) is 14.8 Å². The molecule has 21 heavy (non-hydrogen) atoms. The first kappa shape index (κ1) is 15.3. The molecule has 0 aliphatic heterocycles. The minimum Gasteiger partial charge on any atom is -0.375 e. The number of hydrogen-bond donors (Lipinski definition) is 1. The number of nitrogens with zero attached hydrogens (tertiary/aromatic N) is 3. The van der Waals surface area contributed by atoms with Gasteiger partial charge in [-0.3, -0.25) is 0 Å². The van der Waals surface area contributed by atoms with Gasteiger partial charge in [-0.1, -0.05) is 0 Å². The number of nitrogens with one attached hydrogen (secondary N) is 1. The molecule has 0 saturated carbocycles. The van der Waals surface area contributed by atoms with Gasteiger partial charge in [0.2, 0.25) is 0 Å². The fraction of sp³-hybridized carbons (Fsp3) is 0.385. The zero-order valence-electron chi connectivity index (χ0n) is 11.4. The molecule has 0 bridgehead atoms. The van der Waals surface area contributed by atoms with Crippen molar-refractivity contribution < 1.29 is 17.6 Å². The second-order valence-electron chi connectivity index (χ2n) is 4.76. The molecule has 0 saturated heterocycles. The molecule has 1 aromatic carbocycles.